The van der Waals surface area contributed by atoms with E-state index in [0.29, 0.717) is 21.8 Å². The first-order chi connectivity index (χ1) is 14.5. The van der Waals surface area contributed by atoms with E-state index in [2.05, 4.69) is 5.32 Å². The molecule has 1 N–H and O–H groups in total. The lowest BCUT2D eigenvalue weighted by atomic mass is 10.1. The van der Waals surface area contributed by atoms with E-state index in [1.807, 2.05) is 42.5 Å². The van der Waals surface area contributed by atoms with Crippen molar-refractivity contribution in [3.63, 3.8) is 0 Å². The second-order valence-electron chi connectivity index (χ2n) is 6.22. The molecule has 1 amide bonds. The summed E-state index contributed by atoms with van der Waals surface area (Å²) in [4.78, 5) is 25.3. The van der Waals surface area contributed by atoms with Crippen molar-refractivity contribution in [1.29, 1.82) is 5.26 Å². The van der Waals surface area contributed by atoms with Gasteiger partial charge in [-0.15, -0.1) is 11.8 Å². The van der Waals surface area contributed by atoms with E-state index in [9.17, 15) is 9.59 Å². The van der Waals surface area contributed by atoms with Crippen LogP contribution in [-0.2, 0) is 15.3 Å². The Morgan fingerprint density at radius 2 is 1.70 bits per heavy atom. The second-order valence-corrected chi connectivity index (χ2v) is 7.71. The number of rotatable bonds is 7. The van der Waals surface area contributed by atoms with Crippen LogP contribution >= 0.6 is 23.4 Å². The first kappa shape index (κ1) is 21.4. The van der Waals surface area contributed by atoms with E-state index in [0.717, 1.165) is 16.2 Å². The van der Waals surface area contributed by atoms with Crippen molar-refractivity contribution in [2.75, 3.05) is 11.9 Å². The Morgan fingerprint density at radius 3 is 2.40 bits per heavy atom. The molecule has 3 rings (SSSR count). The predicted molar refractivity (Wildman–Crippen MR) is 118 cm³/mol. The molecule has 0 bridgehead atoms. The maximum Gasteiger partial charge on any atom is 0.338 e. The average Bonchev–Trinajstić information content (AvgIpc) is 2.78. The molecule has 0 aliphatic heterocycles. The van der Waals surface area contributed by atoms with Gasteiger partial charge in [-0.1, -0.05) is 35.9 Å². The average molecular weight is 437 g/mol. The van der Waals surface area contributed by atoms with Crippen LogP contribution in [-0.4, -0.2) is 18.5 Å². The monoisotopic (exact) mass is 436 g/mol. The molecule has 3 aromatic carbocycles. The number of carbonyl (C=O) groups is 2. The Labute approximate surface area is 183 Å². The molecule has 0 saturated carbocycles. The zero-order chi connectivity index (χ0) is 21.3. The van der Waals surface area contributed by atoms with E-state index in [-0.39, 0.29) is 0 Å². The fourth-order valence-corrected chi connectivity index (χ4v) is 3.51. The topological polar surface area (TPSA) is 79.2 Å². The zero-order valence-corrected chi connectivity index (χ0v) is 17.4. The third kappa shape index (κ3) is 6.11. The summed E-state index contributed by atoms with van der Waals surface area (Å²) >= 11 is 7.55. The molecule has 0 spiro atoms. The first-order valence-electron chi connectivity index (χ1n) is 8.98. The molecule has 0 aromatic heterocycles. The highest BCUT2D eigenvalue weighted by atomic mass is 35.5. The number of hydrogen-bond acceptors (Lipinski definition) is 5. The quantitative estimate of drug-likeness (QED) is 0.401. The lowest BCUT2D eigenvalue weighted by Gasteiger charge is -2.08. The van der Waals surface area contributed by atoms with Gasteiger partial charge in [0.2, 0.25) is 0 Å². The van der Waals surface area contributed by atoms with Gasteiger partial charge >= 0.3 is 5.97 Å². The number of halogens is 1. The van der Waals surface area contributed by atoms with Gasteiger partial charge in [-0.2, -0.15) is 5.26 Å². The molecule has 3 aromatic rings. The molecule has 0 aliphatic rings. The minimum atomic E-state index is -0.587. The maximum absolute atomic E-state index is 12.2. The van der Waals surface area contributed by atoms with Gasteiger partial charge in [0, 0.05) is 15.7 Å². The minimum Gasteiger partial charge on any atom is -0.452 e. The molecule has 30 heavy (non-hydrogen) atoms. The van der Waals surface area contributed by atoms with Gasteiger partial charge < -0.3 is 10.1 Å². The van der Waals surface area contributed by atoms with Crippen LogP contribution in [0.2, 0.25) is 5.02 Å². The van der Waals surface area contributed by atoms with Crippen LogP contribution in [0.15, 0.2) is 77.7 Å². The predicted octanol–water partition coefficient (Wildman–Crippen LogP) is 5.30. The molecule has 0 heterocycles. The summed E-state index contributed by atoms with van der Waals surface area (Å²) in [6.45, 7) is -0.438. The van der Waals surface area contributed by atoms with E-state index in [4.69, 9.17) is 21.6 Å². The number of nitrogens with one attached hydrogen (secondary N) is 1. The summed E-state index contributed by atoms with van der Waals surface area (Å²) in [5.74, 6) is -0.352. The van der Waals surface area contributed by atoms with Crippen molar-refractivity contribution < 1.29 is 14.3 Å². The van der Waals surface area contributed by atoms with E-state index in [1.54, 1.807) is 48.2 Å². The summed E-state index contributed by atoms with van der Waals surface area (Å²) in [5, 5.41) is 12.3. The Bertz CT molecular complexity index is 1080. The van der Waals surface area contributed by atoms with Gasteiger partial charge in [-0.3, -0.25) is 4.79 Å². The molecular formula is C23H17ClN2O3S. The largest absolute Gasteiger partial charge is 0.452 e. The molecule has 0 unspecified atom stereocenters. The molecule has 0 aliphatic carbocycles. The van der Waals surface area contributed by atoms with Gasteiger partial charge in [-0.05, 0) is 54.1 Å². The number of nitrogens with zero attached hydrogens (tertiary/aromatic N) is 1. The third-order valence-electron chi connectivity index (χ3n) is 4.06. The summed E-state index contributed by atoms with van der Waals surface area (Å²) in [6, 6.07) is 23.2. The number of carbonyl (C=O) groups excluding carboxylic acids is 2. The zero-order valence-electron chi connectivity index (χ0n) is 15.8. The number of anilines is 1. The molecule has 0 fully saturated rings. The summed E-state index contributed by atoms with van der Waals surface area (Å²) < 4.78 is 5.06. The first-order valence-corrected chi connectivity index (χ1v) is 10.3. The lowest BCUT2D eigenvalue weighted by Crippen LogP contribution is -2.21. The van der Waals surface area contributed by atoms with Crippen LogP contribution in [0, 0.1) is 11.3 Å². The number of thioether (sulfide) groups is 1. The van der Waals surface area contributed by atoms with Gasteiger partial charge in [-0.25, -0.2) is 4.79 Å². The molecule has 150 valence electrons. The number of ether oxygens (including phenoxy) is 1. The van der Waals surface area contributed by atoms with Crippen molar-refractivity contribution >= 4 is 40.9 Å². The minimum absolute atomic E-state index is 0.337. The molecular weight excluding hydrogens is 420 g/mol. The number of para-hydroxylation sites is 1. The van der Waals surface area contributed by atoms with Gasteiger partial charge in [0.1, 0.15) is 6.07 Å². The van der Waals surface area contributed by atoms with Crippen LogP contribution in [0.1, 0.15) is 21.5 Å². The number of benzene rings is 3. The van der Waals surface area contributed by atoms with Gasteiger partial charge in [0.05, 0.1) is 16.8 Å². The lowest BCUT2D eigenvalue weighted by molar-refractivity contribution is -0.119. The van der Waals surface area contributed by atoms with Gasteiger partial charge in [0.25, 0.3) is 5.91 Å². The Hall–Kier alpha value is -3.27. The SMILES string of the molecule is N#Cc1ccccc1NC(=O)COC(=O)c1ccc(CSc2ccc(Cl)cc2)cc1. The summed E-state index contributed by atoms with van der Waals surface area (Å²) in [5.41, 5.74) is 2.13. The normalized spacial score (nSPS) is 10.1. The Morgan fingerprint density at radius 1 is 1.00 bits per heavy atom. The molecule has 0 saturated heterocycles. The van der Waals surface area contributed by atoms with E-state index >= 15 is 0 Å². The van der Waals surface area contributed by atoms with Crippen molar-refractivity contribution in [3.8, 4) is 6.07 Å². The van der Waals surface area contributed by atoms with Crippen molar-refractivity contribution in [1.82, 2.24) is 0 Å². The number of amides is 1. The highest BCUT2D eigenvalue weighted by Crippen LogP contribution is 2.24. The van der Waals surface area contributed by atoms with Crippen LogP contribution in [0.4, 0.5) is 5.69 Å². The second kappa shape index (κ2) is 10.5. The van der Waals surface area contributed by atoms with Crippen LogP contribution in [0.5, 0.6) is 0 Å². The molecule has 7 heteroatoms. The van der Waals surface area contributed by atoms with Gasteiger partial charge in [0.15, 0.2) is 6.61 Å². The fraction of sp³-hybridized carbons (Fsp3) is 0.0870. The Kier molecular flexibility index (Phi) is 7.50. The van der Waals surface area contributed by atoms with E-state index < -0.39 is 18.5 Å². The maximum atomic E-state index is 12.2. The van der Waals surface area contributed by atoms with Crippen LogP contribution in [0.3, 0.4) is 0 Å². The summed E-state index contributed by atoms with van der Waals surface area (Å²) in [7, 11) is 0. The van der Waals surface area contributed by atoms with Crippen molar-refractivity contribution in [2.24, 2.45) is 0 Å². The smallest absolute Gasteiger partial charge is 0.338 e. The van der Waals surface area contributed by atoms with E-state index in [1.165, 1.54) is 0 Å². The molecule has 5 nitrogen and oxygen atoms in total. The Balaban J connectivity index is 1.49. The number of hydrogen-bond donors (Lipinski definition) is 1. The molecule has 0 atom stereocenters. The standard InChI is InChI=1S/C23H17ClN2O3S/c24-19-9-11-20(12-10-19)30-15-16-5-7-17(8-6-16)23(28)29-14-22(27)26-21-4-2-1-3-18(21)13-25/h1-12H,14-15H2,(H,26,27). The number of nitriles is 1. The highest BCUT2D eigenvalue weighted by molar-refractivity contribution is 7.98. The van der Waals surface area contributed by atoms with Crippen LogP contribution in [0.25, 0.3) is 0 Å². The third-order valence-corrected chi connectivity index (χ3v) is 5.40. The van der Waals surface area contributed by atoms with Crippen LogP contribution < -0.4 is 5.32 Å². The fourth-order valence-electron chi connectivity index (χ4n) is 2.52. The van der Waals surface area contributed by atoms with Crippen molar-refractivity contribution in [2.45, 2.75) is 10.6 Å². The van der Waals surface area contributed by atoms with Crippen molar-refractivity contribution in [3.05, 3.63) is 94.5 Å². The summed E-state index contributed by atoms with van der Waals surface area (Å²) in [6.07, 6.45) is 0. The highest BCUT2D eigenvalue weighted by Gasteiger charge is 2.12. The number of esters is 1. The molecule has 0 radical (unpaired) electrons.